The molecule has 8 heteroatoms. The fourth-order valence-corrected chi connectivity index (χ4v) is 3.67. The molecule has 0 unspecified atom stereocenters. The Labute approximate surface area is 179 Å². The average Bonchev–Trinajstić information content (AvgIpc) is 2.71. The van der Waals surface area contributed by atoms with Gasteiger partial charge in [0.1, 0.15) is 16.4 Å². The maximum absolute atomic E-state index is 12.5. The van der Waals surface area contributed by atoms with Crippen LogP contribution in [0.15, 0.2) is 53.4 Å². The SMILES string of the molecule is CC[C@H](C)N(Cc1ccc(OS(=O)(=O)c2ccc(OC)cc2)cc1)C(=O)NC(C)C. The molecular weight excluding hydrogens is 404 g/mol. The number of urea groups is 1. The second-order valence-corrected chi connectivity index (χ2v) is 8.89. The third-order valence-electron chi connectivity index (χ3n) is 4.63. The van der Waals surface area contributed by atoms with Gasteiger partial charge in [-0.3, -0.25) is 0 Å². The maximum Gasteiger partial charge on any atom is 0.339 e. The van der Waals surface area contributed by atoms with Crippen LogP contribution in [0.4, 0.5) is 4.79 Å². The highest BCUT2D eigenvalue weighted by molar-refractivity contribution is 7.87. The van der Waals surface area contributed by atoms with Crippen molar-refractivity contribution in [2.75, 3.05) is 7.11 Å². The van der Waals surface area contributed by atoms with Crippen molar-refractivity contribution in [1.29, 1.82) is 0 Å². The van der Waals surface area contributed by atoms with Crippen LogP contribution in [0.5, 0.6) is 11.5 Å². The van der Waals surface area contributed by atoms with Gasteiger partial charge in [-0.25, -0.2) is 4.79 Å². The standard InChI is InChI=1S/C22H30N2O5S/c1-6-17(4)24(22(25)23-16(2)3)15-18-7-9-20(10-8-18)29-30(26,27)21-13-11-19(28-5)12-14-21/h7-14,16-17H,6,15H2,1-5H3,(H,23,25)/t17-/m0/s1. The van der Waals surface area contributed by atoms with E-state index in [0.717, 1.165) is 12.0 Å². The number of hydrogen-bond donors (Lipinski definition) is 1. The zero-order valence-corrected chi connectivity index (χ0v) is 18.9. The average molecular weight is 435 g/mol. The first-order valence-corrected chi connectivity index (χ1v) is 11.3. The summed E-state index contributed by atoms with van der Waals surface area (Å²) < 4.78 is 35.2. The van der Waals surface area contributed by atoms with Gasteiger partial charge in [0.25, 0.3) is 0 Å². The summed E-state index contributed by atoms with van der Waals surface area (Å²) in [5.41, 5.74) is 0.878. The Morgan fingerprint density at radius 1 is 1.00 bits per heavy atom. The first-order chi connectivity index (χ1) is 14.2. The van der Waals surface area contributed by atoms with E-state index in [9.17, 15) is 13.2 Å². The highest BCUT2D eigenvalue weighted by Gasteiger charge is 2.20. The minimum Gasteiger partial charge on any atom is -0.497 e. The van der Waals surface area contributed by atoms with E-state index in [4.69, 9.17) is 8.92 Å². The summed E-state index contributed by atoms with van der Waals surface area (Å²) in [6.45, 7) is 8.28. The Bertz CT molecular complexity index is 925. The fourth-order valence-electron chi connectivity index (χ4n) is 2.74. The van der Waals surface area contributed by atoms with Crippen LogP contribution in [0, 0.1) is 0 Å². The van der Waals surface area contributed by atoms with Crippen LogP contribution in [-0.2, 0) is 16.7 Å². The molecule has 2 rings (SSSR count). The minimum absolute atomic E-state index is 0.0423. The third kappa shape index (κ3) is 6.38. The van der Waals surface area contributed by atoms with E-state index in [2.05, 4.69) is 5.32 Å². The summed E-state index contributed by atoms with van der Waals surface area (Å²) in [5, 5.41) is 2.92. The van der Waals surface area contributed by atoms with Crippen molar-refractivity contribution >= 4 is 16.1 Å². The number of benzene rings is 2. The quantitative estimate of drug-likeness (QED) is 0.599. The van der Waals surface area contributed by atoms with Crippen molar-refractivity contribution in [1.82, 2.24) is 10.2 Å². The second kappa shape index (κ2) is 10.3. The van der Waals surface area contributed by atoms with Gasteiger partial charge in [-0.1, -0.05) is 19.1 Å². The van der Waals surface area contributed by atoms with Crippen molar-refractivity contribution in [2.24, 2.45) is 0 Å². The van der Waals surface area contributed by atoms with E-state index in [-0.39, 0.29) is 28.8 Å². The van der Waals surface area contributed by atoms with Gasteiger partial charge in [0.05, 0.1) is 7.11 Å². The summed E-state index contributed by atoms with van der Waals surface area (Å²) in [4.78, 5) is 14.3. The number of methoxy groups -OCH3 is 1. The molecule has 2 aromatic rings. The lowest BCUT2D eigenvalue weighted by molar-refractivity contribution is 0.171. The van der Waals surface area contributed by atoms with Crippen LogP contribution in [0.1, 0.15) is 39.7 Å². The predicted molar refractivity (Wildman–Crippen MR) is 116 cm³/mol. The second-order valence-electron chi connectivity index (χ2n) is 7.35. The molecule has 0 radical (unpaired) electrons. The van der Waals surface area contributed by atoms with Crippen LogP contribution in [0.25, 0.3) is 0 Å². The van der Waals surface area contributed by atoms with E-state index < -0.39 is 10.1 Å². The molecule has 2 amide bonds. The Morgan fingerprint density at radius 2 is 1.57 bits per heavy atom. The van der Waals surface area contributed by atoms with E-state index in [0.29, 0.717) is 12.3 Å². The molecule has 0 aliphatic carbocycles. The topological polar surface area (TPSA) is 84.9 Å². The number of carbonyl (C=O) groups is 1. The summed E-state index contributed by atoms with van der Waals surface area (Å²) >= 11 is 0. The van der Waals surface area contributed by atoms with Crippen molar-refractivity contribution in [3.8, 4) is 11.5 Å². The number of nitrogens with one attached hydrogen (secondary N) is 1. The van der Waals surface area contributed by atoms with Gasteiger partial charge < -0.3 is 19.1 Å². The molecule has 0 fully saturated rings. The number of rotatable bonds is 9. The third-order valence-corrected chi connectivity index (χ3v) is 5.89. The lowest BCUT2D eigenvalue weighted by Gasteiger charge is -2.29. The first kappa shape index (κ1) is 23.5. The molecule has 0 bridgehead atoms. The smallest absolute Gasteiger partial charge is 0.339 e. The zero-order chi connectivity index (χ0) is 22.3. The first-order valence-electron chi connectivity index (χ1n) is 9.91. The van der Waals surface area contributed by atoms with Crippen molar-refractivity contribution in [3.63, 3.8) is 0 Å². The molecule has 0 spiro atoms. The molecule has 0 heterocycles. The monoisotopic (exact) mass is 434 g/mol. The molecule has 1 N–H and O–H groups in total. The van der Waals surface area contributed by atoms with Gasteiger partial charge in [-0.2, -0.15) is 8.42 Å². The van der Waals surface area contributed by atoms with E-state index >= 15 is 0 Å². The van der Waals surface area contributed by atoms with E-state index in [1.165, 1.54) is 19.2 Å². The van der Waals surface area contributed by atoms with E-state index in [1.54, 1.807) is 41.3 Å². The molecule has 7 nitrogen and oxygen atoms in total. The number of ether oxygens (including phenoxy) is 1. The zero-order valence-electron chi connectivity index (χ0n) is 18.1. The van der Waals surface area contributed by atoms with Crippen LogP contribution >= 0.6 is 0 Å². The largest absolute Gasteiger partial charge is 0.497 e. The van der Waals surface area contributed by atoms with Crippen LogP contribution in [-0.4, -0.2) is 38.5 Å². The molecular formula is C22H30N2O5S. The molecule has 0 aromatic heterocycles. The molecule has 30 heavy (non-hydrogen) atoms. The summed E-state index contributed by atoms with van der Waals surface area (Å²) in [6, 6.07) is 12.7. The van der Waals surface area contributed by atoms with Gasteiger partial charge >= 0.3 is 16.1 Å². The Hall–Kier alpha value is -2.74. The number of nitrogens with zero attached hydrogens (tertiary/aromatic N) is 1. The van der Waals surface area contributed by atoms with Gasteiger partial charge in [0, 0.05) is 18.6 Å². The van der Waals surface area contributed by atoms with Crippen LogP contribution in [0.2, 0.25) is 0 Å². The van der Waals surface area contributed by atoms with Crippen molar-refractivity contribution < 1.29 is 22.1 Å². The normalized spacial score (nSPS) is 12.3. The Kier molecular flexibility index (Phi) is 8.11. The Balaban J connectivity index is 2.11. The molecule has 1 atom stereocenters. The van der Waals surface area contributed by atoms with Crippen molar-refractivity contribution in [3.05, 3.63) is 54.1 Å². The van der Waals surface area contributed by atoms with Crippen LogP contribution in [0.3, 0.4) is 0 Å². The highest BCUT2D eigenvalue weighted by atomic mass is 32.2. The van der Waals surface area contributed by atoms with Crippen molar-refractivity contribution in [2.45, 2.75) is 57.6 Å². The molecule has 164 valence electrons. The molecule has 0 aliphatic rings. The van der Waals surface area contributed by atoms with Gasteiger partial charge in [-0.15, -0.1) is 0 Å². The summed E-state index contributed by atoms with van der Waals surface area (Å²) in [6.07, 6.45) is 0.826. The molecule has 0 saturated carbocycles. The fraction of sp³-hybridized carbons (Fsp3) is 0.409. The summed E-state index contributed by atoms with van der Waals surface area (Å²) in [7, 11) is -2.44. The lowest BCUT2D eigenvalue weighted by atomic mass is 10.1. The van der Waals surface area contributed by atoms with Gasteiger partial charge in [-0.05, 0) is 69.2 Å². The summed E-state index contributed by atoms with van der Waals surface area (Å²) in [5.74, 6) is 0.766. The number of amides is 2. The predicted octanol–water partition coefficient (Wildman–Crippen LogP) is 4.18. The van der Waals surface area contributed by atoms with Crippen LogP contribution < -0.4 is 14.2 Å². The van der Waals surface area contributed by atoms with Gasteiger partial charge in [0.2, 0.25) is 0 Å². The maximum atomic E-state index is 12.5. The highest BCUT2D eigenvalue weighted by Crippen LogP contribution is 2.22. The molecule has 0 aliphatic heterocycles. The minimum atomic E-state index is -3.95. The molecule has 2 aromatic carbocycles. The Morgan fingerprint density at radius 3 is 2.07 bits per heavy atom. The number of hydrogen-bond acceptors (Lipinski definition) is 5. The number of carbonyl (C=O) groups excluding carboxylic acids is 1. The van der Waals surface area contributed by atoms with Gasteiger partial charge in [0.15, 0.2) is 0 Å². The van der Waals surface area contributed by atoms with E-state index in [1.807, 2.05) is 27.7 Å². The lowest BCUT2D eigenvalue weighted by Crippen LogP contribution is -2.46. The molecule has 0 saturated heterocycles.